The van der Waals surface area contributed by atoms with Gasteiger partial charge in [0.15, 0.2) is 0 Å². The van der Waals surface area contributed by atoms with Crippen molar-refractivity contribution in [2.24, 2.45) is 0 Å². The van der Waals surface area contributed by atoms with Crippen LogP contribution in [0.2, 0.25) is 0 Å². The van der Waals surface area contributed by atoms with Crippen LogP contribution in [0.25, 0.3) is 0 Å². The lowest BCUT2D eigenvalue weighted by Crippen LogP contribution is -2.35. The normalized spacial score (nSPS) is 14.5. The fourth-order valence-corrected chi connectivity index (χ4v) is 3.98. The van der Waals surface area contributed by atoms with E-state index in [-0.39, 0.29) is 5.91 Å². The Balaban J connectivity index is 1.80. The molecule has 1 aliphatic heterocycles. The molecule has 0 aliphatic carbocycles. The molecule has 1 aromatic heterocycles. The van der Waals surface area contributed by atoms with Crippen LogP contribution in [-0.4, -0.2) is 32.0 Å². The molecule has 116 valence electrons. The van der Waals surface area contributed by atoms with Crippen molar-refractivity contribution in [1.29, 1.82) is 0 Å². The van der Waals surface area contributed by atoms with Gasteiger partial charge in [-0.1, -0.05) is 6.07 Å². The lowest BCUT2D eigenvalue weighted by molar-refractivity contribution is 0.0736. The Hall–Kier alpha value is -1.86. The molecule has 3 rings (SSSR count). The zero-order valence-corrected chi connectivity index (χ0v) is 13.7. The average Bonchev–Trinajstić information content (AvgIpc) is 2.92. The molecule has 22 heavy (non-hydrogen) atoms. The molecule has 0 atom stereocenters. The SMILES string of the molecule is CS(=O)(=O)Nc1cccc(C(=O)N2CCc3sccc3C2)c1. The van der Waals surface area contributed by atoms with E-state index in [2.05, 4.69) is 16.2 Å². The van der Waals surface area contributed by atoms with Crippen molar-refractivity contribution in [2.75, 3.05) is 17.5 Å². The maximum absolute atomic E-state index is 12.6. The maximum atomic E-state index is 12.6. The molecule has 0 unspecified atom stereocenters. The van der Waals surface area contributed by atoms with E-state index in [1.807, 2.05) is 0 Å². The van der Waals surface area contributed by atoms with Crippen molar-refractivity contribution in [1.82, 2.24) is 4.90 Å². The van der Waals surface area contributed by atoms with Gasteiger partial charge in [0.2, 0.25) is 10.0 Å². The quantitative estimate of drug-likeness (QED) is 0.935. The number of thiophene rings is 1. The second kappa shape index (κ2) is 5.73. The first-order valence-corrected chi connectivity index (χ1v) is 9.62. The number of carbonyl (C=O) groups excluding carboxylic acids is 1. The predicted molar refractivity (Wildman–Crippen MR) is 87.7 cm³/mol. The summed E-state index contributed by atoms with van der Waals surface area (Å²) in [5.74, 6) is -0.0750. The molecule has 7 heteroatoms. The Morgan fingerprint density at radius 2 is 2.14 bits per heavy atom. The number of hydrogen-bond donors (Lipinski definition) is 1. The highest BCUT2D eigenvalue weighted by Gasteiger charge is 2.22. The average molecular weight is 336 g/mol. The molecular weight excluding hydrogens is 320 g/mol. The second-order valence-electron chi connectivity index (χ2n) is 5.30. The van der Waals surface area contributed by atoms with E-state index in [0.717, 1.165) is 12.7 Å². The van der Waals surface area contributed by atoms with E-state index < -0.39 is 10.0 Å². The molecule has 2 heterocycles. The minimum atomic E-state index is -3.35. The number of anilines is 1. The number of hydrogen-bond acceptors (Lipinski definition) is 4. The predicted octanol–water partition coefficient (Wildman–Crippen LogP) is 2.32. The zero-order chi connectivity index (χ0) is 15.7. The third-order valence-corrected chi connectivity index (χ3v) is 5.14. The van der Waals surface area contributed by atoms with E-state index in [0.29, 0.717) is 24.3 Å². The van der Waals surface area contributed by atoms with Gasteiger partial charge >= 0.3 is 0 Å². The number of fused-ring (bicyclic) bond motifs is 1. The molecular formula is C15H16N2O3S2. The zero-order valence-electron chi connectivity index (χ0n) is 12.1. The molecule has 2 aromatic rings. The van der Waals surface area contributed by atoms with Crippen LogP contribution in [0, 0.1) is 0 Å². The van der Waals surface area contributed by atoms with Crippen LogP contribution in [0.5, 0.6) is 0 Å². The van der Waals surface area contributed by atoms with Crippen molar-refractivity contribution >= 4 is 33.0 Å². The number of carbonyl (C=O) groups is 1. The fraction of sp³-hybridized carbons (Fsp3) is 0.267. The Morgan fingerprint density at radius 3 is 2.91 bits per heavy atom. The van der Waals surface area contributed by atoms with Gasteiger partial charge in [0.25, 0.3) is 5.91 Å². The van der Waals surface area contributed by atoms with Crippen molar-refractivity contribution < 1.29 is 13.2 Å². The molecule has 5 nitrogen and oxygen atoms in total. The fourth-order valence-electron chi connectivity index (χ4n) is 2.53. The van der Waals surface area contributed by atoms with Gasteiger partial charge in [0, 0.05) is 29.2 Å². The summed E-state index contributed by atoms with van der Waals surface area (Å²) in [4.78, 5) is 15.7. The van der Waals surface area contributed by atoms with E-state index in [4.69, 9.17) is 0 Å². The number of nitrogens with one attached hydrogen (secondary N) is 1. The van der Waals surface area contributed by atoms with Crippen LogP contribution in [-0.2, 0) is 23.0 Å². The van der Waals surface area contributed by atoms with Crippen molar-refractivity contribution in [3.05, 3.63) is 51.7 Å². The lowest BCUT2D eigenvalue weighted by atomic mass is 10.1. The van der Waals surface area contributed by atoms with Gasteiger partial charge in [-0.15, -0.1) is 11.3 Å². The van der Waals surface area contributed by atoms with E-state index in [1.165, 1.54) is 10.4 Å². The monoisotopic (exact) mass is 336 g/mol. The standard InChI is InChI=1S/C15H16N2O3S2/c1-22(19,20)16-13-4-2-3-11(9-13)15(18)17-7-5-14-12(10-17)6-8-21-14/h2-4,6,8-9,16H,5,7,10H2,1H3. The highest BCUT2D eigenvalue weighted by atomic mass is 32.2. The summed E-state index contributed by atoms with van der Waals surface area (Å²) in [7, 11) is -3.35. The molecule has 0 saturated carbocycles. The van der Waals surface area contributed by atoms with Gasteiger partial charge in [-0.25, -0.2) is 8.42 Å². The molecule has 0 radical (unpaired) electrons. The van der Waals surface area contributed by atoms with Gasteiger partial charge in [0.1, 0.15) is 0 Å². The van der Waals surface area contributed by atoms with Gasteiger partial charge in [0.05, 0.1) is 6.26 Å². The number of nitrogens with zero attached hydrogens (tertiary/aromatic N) is 1. The van der Waals surface area contributed by atoms with E-state index >= 15 is 0 Å². The molecule has 0 saturated heterocycles. The maximum Gasteiger partial charge on any atom is 0.254 e. The van der Waals surface area contributed by atoms with Crippen LogP contribution in [0.1, 0.15) is 20.8 Å². The Morgan fingerprint density at radius 1 is 1.32 bits per heavy atom. The summed E-state index contributed by atoms with van der Waals surface area (Å²) < 4.78 is 25.0. The Bertz CT molecular complexity index is 812. The van der Waals surface area contributed by atoms with Crippen LogP contribution < -0.4 is 4.72 Å². The summed E-state index contributed by atoms with van der Waals surface area (Å²) >= 11 is 1.73. The highest BCUT2D eigenvalue weighted by Crippen LogP contribution is 2.25. The molecule has 1 N–H and O–H groups in total. The van der Waals surface area contributed by atoms with E-state index in [9.17, 15) is 13.2 Å². The summed E-state index contributed by atoms with van der Waals surface area (Å²) in [6, 6.07) is 8.65. The highest BCUT2D eigenvalue weighted by molar-refractivity contribution is 7.92. The minimum Gasteiger partial charge on any atom is -0.334 e. The summed E-state index contributed by atoms with van der Waals surface area (Å²) in [6.07, 6.45) is 1.96. The number of amides is 1. The van der Waals surface area contributed by atoms with Crippen LogP contribution in [0.3, 0.4) is 0 Å². The van der Waals surface area contributed by atoms with Crippen LogP contribution >= 0.6 is 11.3 Å². The van der Waals surface area contributed by atoms with Crippen molar-refractivity contribution in [3.8, 4) is 0 Å². The summed E-state index contributed by atoms with van der Waals surface area (Å²) in [6.45, 7) is 1.30. The van der Waals surface area contributed by atoms with Gasteiger partial charge in [-0.05, 0) is 41.6 Å². The molecule has 1 amide bonds. The van der Waals surface area contributed by atoms with E-state index in [1.54, 1.807) is 40.5 Å². The largest absolute Gasteiger partial charge is 0.334 e. The summed E-state index contributed by atoms with van der Waals surface area (Å²) in [5, 5.41) is 2.05. The number of sulfonamides is 1. The Kier molecular flexibility index (Phi) is 3.92. The minimum absolute atomic E-state index is 0.0750. The lowest BCUT2D eigenvalue weighted by Gasteiger charge is -2.27. The first-order chi connectivity index (χ1) is 10.4. The van der Waals surface area contributed by atoms with Crippen molar-refractivity contribution in [2.45, 2.75) is 13.0 Å². The number of rotatable bonds is 3. The molecule has 0 spiro atoms. The van der Waals surface area contributed by atoms with Gasteiger partial charge in [-0.2, -0.15) is 0 Å². The smallest absolute Gasteiger partial charge is 0.254 e. The molecule has 0 bridgehead atoms. The molecule has 0 fully saturated rings. The molecule has 1 aliphatic rings. The van der Waals surface area contributed by atoms with Gasteiger partial charge in [-0.3, -0.25) is 9.52 Å². The first-order valence-electron chi connectivity index (χ1n) is 6.85. The molecule has 1 aromatic carbocycles. The first kappa shape index (κ1) is 15.1. The third kappa shape index (κ3) is 3.31. The van der Waals surface area contributed by atoms with Crippen LogP contribution in [0.4, 0.5) is 5.69 Å². The third-order valence-electron chi connectivity index (χ3n) is 3.51. The van der Waals surface area contributed by atoms with Crippen LogP contribution in [0.15, 0.2) is 35.7 Å². The second-order valence-corrected chi connectivity index (χ2v) is 8.05. The topological polar surface area (TPSA) is 66.5 Å². The number of benzene rings is 1. The van der Waals surface area contributed by atoms with Crippen molar-refractivity contribution in [3.63, 3.8) is 0 Å². The summed E-state index contributed by atoms with van der Waals surface area (Å²) in [5.41, 5.74) is 2.10. The Labute approximate surface area is 133 Å². The van der Waals surface area contributed by atoms with Gasteiger partial charge < -0.3 is 4.90 Å².